The van der Waals surface area contributed by atoms with Gasteiger partial charge in [0.05, 0.1) is 11.4 Å². The molecule has 0 aliphatic carbocycles. The van der Waals surface area contributed by atoms with Gasteiger partial charge in [-0.25, -0.2) is 14.8 Å². The minimum atomic E-state index is -0.946. The summed E-state index contributed by atoms with van der Waals surface area (Å²) in [5.41, 5.74) is 1.70. The number of aryl methyl sites for hydroxylation is 1. The van der Waals surface area contributed by atoms with Crippen LogP contribution in [0.4, 0.5) is 5.82 Å². The van der Waals surface area contributed by atoms with Gasteiger partial charge in [-0.2, -0.15) is 0 Å². The number of nitrogens with zero attached hydrogens (tertiary/aromatic N) is 3. The zero-order valence-electron chi connectivity index (χ0n) is 14.7. The van der Waals surface area contributed by atoms with Crippen molar-refractivity contribution in [3.05, 3.63) is 51.6 Å². The van der Waals surface area contributed by atoms with E-state index in [1.165, 1.54) is 6.33 Å². The number of carboxylic acid groups (broad SMARTS) is 1. The third-order valence-electron chi connectivity index (χ3n) is 4.27. The molecule has 0 radical (unpaired) electrons. The lowest BCUT2D eigenvalue weighted by Gasteiger charge is -2.26. The Balaban J connectivity index is 1.93. The highest BCUT2D eigenvalue weighted by molar-refractivity contribution is 7.20. The Kier molecular flexibility index (Phi) is 5.41. The fourth-order valence-corrected chi connectivity index (χ4v) is 4.17. The van der Waals surface area contributed by atoms with Gasteiger partial charge in [0.1, 0.15) is 21.9 Å². The number of aromatic nitrogens is 2. The average molecular weight is 391 g/mol. The highest BCUT2D eigenvalue weighted by Crippen LogP contribution is 2.34. The van der Waals surface area contributed by atoms with Gasteiger partial charge < -0.3 is 15.3 Å². The van der Waals surface area contributed by atoms with E-state index in [1.807, 2.05) is 38.4 Å². The van der Waals surface area contributed by atoms with Crippen LogP contribution in [0.2, 0.25) is 5.02 Å². The van der Waals surface area contributed by atoms with Crippen molar-refractivity contribution < 1.29 is 9.90 Å². The Morgan fingerprint density at radius 1 is 1.35 bits per heavy atom. The number of benzene rings is 1. The number of carbonyl (C=O) groups is 1. The molecule has 26 heavy (non-hydrogen) atoms. The molecule has 0 aliphatic rings. The maximum absolute atomic E-state index is 11.4. The van der Waals surface area contributed by atoms with Crippen molar-refractivity contribution in [2.24, 2.45) is 0 Å². The van der Waals surface area contributed by atoms with Gasteiger partial charge in [0.25, 0.3) is 0 Å². The third-order valence-corrected chi connectivity index (χ3v) is 5.80. The lowest BCUT2D eigenvalue weighted by Crippen LogP contribution is -2.27. The number of fused-ring (bicyclic) bond motifs is 1. The van der Waals surface area contributed by atoms with E-state index in [-0.39, 0.29) is 6.04 Å². The van der Waals surface area contributed by atoms with Gasteiger partial charge in [-0.3, -0.25) is 0 Å². The molecule has 1 atom stereocenters. The summed E-state index contributed by atoms with van der Waals surface area (Å²) in [5, 5.41) is 14.2. The van der Waals surface area contributed by atoms with E-state index in [1.54, 1.807) is 6.92 Å². The van der Waals surface area contributed by atoms with Crippen LogP contribution in [0.1, 0.15) is 26.8 Å². The summed E-state index contributed by atoms with van der Waals surface area (Å²) < 4.78 is 0. The van der Waals surface area contributed by atoms with Crippen LogP contribution in [0.5, 0.6) is 0 Å². The molecule has 0 saturated carbocycles. The summed E-state index contributed by atoms with van der Waals surface area (Å²) >= 11 is 7.52. The molecule has 2 aromatic heterocycles. The second-order valence-corrected chi connectivity index (χ2v) is 7.55. The van der Waals surface area contributed by atoms with Gasteiger partial charge in [0, 0.05) is 11.6 Å². The molecule has 6 nitrogen and oxygen atoms in total. The summed E-state index contributed by atoms with van der Waals surface area (Å²) in [7, 11) is 3.98. The molecule has 3 rings (SSSR count). The van der Waals surface area contributed by atoms with Crippen molar-refractivity contribution in [3.8, 4) is 0 Å². The zero-order valence-corrected chi connectivity index (χ0v) is 16.2. The molecule has 0 saturated heterocycles. The van der Waals surface area contributed by atoms with E-state index in [9.17, 15) is 9.90 Å². The molecule has 2 heterocycles. The standard InChI is InChI=1S/C18H19ClN4O2S/c1-10-14-16(21-9-22-17(14)26-15(10)18(24)25)20-8-13(23(2)3)11-6-4-5-7-12(11)19/h4-7,9,13H,8H2,1-3H3,(H,24,25)(H,20,21,22). The summed E-state index contributed by atoms with van der Waals surface area (Å²) in [6, 6.07) is 7.78. The van der Waals surface area contributed by atoms with Gasteiger partial charge >= 0.3 is 5.97 Å². The van der Waals surface area contributed by atoms with Crippen LogP contribution < -0.4 is 5.32 Å². The van der Waals surface area contributed by atoms with E-state index in [0.717, 1.165) is 22.3 Å². The highest BCUT2D eigenvalue weighted by Gasteiger charge is 2.21. The number of rotatable bonds is 6. The Morgan fingerprint density at radius 3 is 2.73 bits per heavy atom. The number of anilines is 1. The first kappa shape index (κ1) is 18.6. The predicted molar refractivity (Wildman–Crippen MR) is 105 cm³/mol. The Hall–Kier alpha value is -2.22. The summed E-state index contributed by atoms with van der Waals surface area (Å²) in [6.45, 7) is 2.36. The van der Waals surface area contributed by atoms with E-state index < -0.39 is 5.97 Å². The lowest BCUT2D eigenvalue weighted by molar-refractivity contribution is 0.0701. The molecular formula is C18H19ClN4O2S. The first-order valence-corrected chi connectivity index (χ1v) is 9.21. The zero-order chi connectivity index (χ0) is 18.8. The molecule has 0 bridgehead atoms. The minimum Gasteiger partial charge on any atom is -0.477 e. The predicted octanol–water partition coefficient (Wildman–Crippen LogP) is 4.07. The van der Waals surface area contributed by atoms with Gasteiger partial charge in [-0.1, -0.05) is 29.8 Å². The number of likely N-dealkylation sites (N-methyl/N-ethyl adjacent to an activating group) is 1. The second kappa shape index (κ2) is 7.57. The van der Waals surface area contributed by atoms with Crippen molar-refractivity contribution in [1.82, 2.24) is 14.9 Å². The van der Waals surface area contributed by atoms with Gasteiger partial charge in [-0.15, -0.1) is 11.3 Å². The minimum absolute atomic E-state index is 0.0339. The summed E-state index contributed by atoms with van der Waals surface area (Å²) in [6.07, 6.45) is 1.45. The van der Waals surface area contributed by atoms with Crippen molar-refractivity contribution in [1.29, 1.82) is 0 Å². The maximum Gasteiger partial charge on any atom is 0.346 e. The van der Waals surface area contributed by atoms with Crippen LogP contribution in [-0.2, 0) is 0 Å². The SMILES string of the molecule is Cc1c(C(=O)O)sc2ncnc(NCC(c3ccccc3Cl)N(C)C)c12. The van der Waals surface area contributed by atoms with E-state index >= 15 is 0 Å². The molecule has 8 heteroatoms. The molecule has 1 aromatic carbocycles. The van der Waals surface area contributed by atoms with Crippen LogP contribution in [0.3, 0.4) is 0 Å². The van der Waals surface area contributed by atoms with Crippen LogP contribution in [-0.4, -0.2) is 46.6 Å². The number of thiophene rings is 1. The van der Waals surface area contributed by atoms with Crippen molar-refractivity contribution in [2.75, 3.05) is 26.0 Å². The Bertz CT molecular complexity index is 958. The average Bonchev–Trinajstić information content (AvgIpc) is 2.94. The topological polar surface area (TPSA) is 78.3 Å². The fraction of sp³-hybridized carbons (Fsp3) is 0.278. The van der Waals surface area contributed by atoms with Crippen molar-refractivity contribution >= 4 is 44.9 Å². The molecule has 3 aromatic rings. The first-order chi connectivity index (χ1) is 12.4. The van der Waals surface area contributed by atoms with Gasteiger partial charge in [0.2, 0.25) is 0 Å². The highest BCUT2D eigenvalue weighted by atomic mass is 35.5. The lowest BCUT2D eigenvalue weighted by atomic mass is 10.1. The molecule has 2 N–H and O–H groups in total. The fourth-order valence-electron chi connectivity index (χ4n) is 2.92. The molecule has 136 valence electrons. The van der Waals surface area contributed by atoms with E-state index in [0.29, 0.717) is 32.7 Å². The summed E-state index contributed by atoms with van der Waals surface area (Å²) in [4.78, 5) is 23.0. The number of hydrogen-bond acceptors (Lipinski definition) is 6. The molecule has 0 aliphatic heterocycles. The van der Waals surface area contributed by atoms with Crippen LogP contribution >= 0.6 is 22.9 Å². The van der Waals surface area contributed by atoms with Crippen LogP contribution in [0.25, 0.3) is 10.2 Å². The number of carboxylic acids is 1. The normalized spacial score (nSPS) is 12.5. The van der Waals surface area contributed by atoms with E-state index in [2.05, 4.69) is 20.2 Å². The molecule has 1 unspecified atom stereocenters. The Morgan fingerprint density at radius 2 is 2.08 bits per heavy atom. The second-order valence-electron chi connectivity index (χ2n) is 6.15. The first-order valence-electron chi connectivity index (χ1n) is 8.02. The molecule has 0 amide bonds. The number of nitrogens with one attached hydrogen (secondary N) is 1. The largest absolute Gasteiger partial charge is 0.477 e. The molecular weight excluding hydrogens is 372 g/mol. The smallest absolute Gasteiger partial charge is 0.346 e. The third kappa shape index (κ3) is 3.51. The quantitative estimate of drug-likeness (QED) is 0.660. The van der Waals surface area contributed by atoms with Crippen molar-refractivity contribution in [2.45, 2.75) is 13.0 Å². The van der Waals surface area contributed by atoms with Gasteiger partial charge in [-0.05, 0) is 38.2 Å². The maximum atomic E-state index is 11.4. The molecule has 0 fully saturated rings. The van der Waals surface area contributed by atoms with Crippen LogP contribution in [0.15, 0.2) is 30.6 Å². The van der Waals surface area contributed by atoms with Crippen molar-refractivity contribution in [3.63, 3.8) is 0 Å². The van der Waals surface area contributed by atoms with E-state index in [4.69, 9.17) is 11.6 Å². The molecule has 0 spiro atoms. The summed E-state index contributed by atoms with van der Waals surface area (Å²) in [5.74, 6) is -0.311. The number of halogens is 1. The van der Waals surface area contributed by atoms with Gasteiger partial charge in [0.15, 0.2) is 0 Å². The monoisotopic (exact) mass is 390 g/mol. The van der Waals surface area contributed by atoms with Crippen LogP contribution in [0, 0.1) is 6.92 Å². The number of hydrogen-bond donors (Lipinski definition) is 2. The number of aromatic carboxylic acids is 1. The Labute approximate surface area is 160 Å².